The standard InChI is InChI=1S/C30H39ClN6O3S/c1-21(2)41(38,39)28-10-6-5-9-26(28)33-29-24(31)20-32-30(35-29)34-25-12-11-23(19-27(25)40-3)37-17-13-22(14-18-37)36-15-7-4-8-16-36/h5-6,9-12,19-22H,4,7-8,13-18H2,1-3H3,(H2,32,33,34,35)/i3D3. The van der Waals surface area contributed by atoms with Crippen LogP contribution in [0.3, 0.4) is 0 Å². The second-order valence-electron chi connectivity index (χ2n) is 10.8. The van der Waals surface area contributed by atoms with Gasteiger partial charge in [-0.2, -0.15) is 4.98 Å². The van der Waals surface area contributed by atoms with Crippen molar-refractivity contribution in [2.45, 2.75) is 62.1 Å². The summed E-state index contributed by atoms with van der Waals surface area (Å²) in [6.45, 7) is 7.35. The lowest BCUT2D eigenvalue weighted by molar-refractivity contribution is 0.141. The molecule has 0 amide bonds. The van der Waals surface area contributed by atoms with E-state index in [9.17, 15) is 8.42 Å². The van der Waals surface area contributed by atoms with E-state index in [1.165, 1.54) is 44.6 Å². The van der Waals surface area contributed by atoms with Gasteiger partial charge < -0.3 is 25.2 Å². The molecule has 220 valence electrons. The SMILES string of the molecule is [2H]C([2H])([2H])Oc1cc(N2CCC(N3CCCCC3)CC2)ccc1Nc1ncc(Cl)c(Nc2ccccc2S(=O)(=O)C(C)C)n1. The lowest BCUT2D eigenvalue weighted by Crippen LogP contribution is -2.46. The fourth-order valence-corrected chi connectivity index (χ4v) is 6.84. The molecule has 5 rings (SSSR count). The van der Waals surface area contributed by atoms with Gasteiger partial charge in [-0.3, -0.25) is 0 Å². The molecular weight excluding hydrogens is 560 g/mol. The van der Waals surface area contributed by atoms with Crippen LogP contribution < -0.4 is 20.3 Å². The summed E-state index contributed by atoms with van der Waals surface area (Å²) in [5, 5.41) is 5.63. The lowest BCUT2D eigenvalue weighted by Gasteiger charge is -2.41. The molecule has 2 aliphatic rings. The van der Waals surface area contributed by atoms with Crippen LogP contribution in [0.1, 0.15) is 50.1 Å². The number of para-hydroxylation sites is 1. The third kappa shape index (κ3) is 6.71. The Bertz CT molecular complexity index is 1560. The first kappa shape index (κ1) is 25.6. The highest BCUT2D eigenvalue weighted by Crippen LogP contribution is 2.35. The van der Waals surface area contributed by atoms with Crippen LogP contribution in [-0.4, -0.2) is 67.8 Å². The largest absolute Gasteiger partial charge is 0.494 e. The van der Waals surface area contributed by atoms with Crippen molar-refractivity contribution in [1.82, 2.24) is 14.9 Å². The number of methoxy groups -OCH3 is 1. The number of nitrogens with zero attached hydrogens (tertiary/aromatic N) is 4. The topological polar surface area (TPSA) is 99.7 Å². The van der Waals surface area contributed by atoms with Crippen molar-refractivity contribution in [2.24, 2.45) is 0 Å². The first-order valence-corrected chi connectivity index (χ1v) is 16.0. The van der Waals surface area contributed by atoms with Gasteiger partial charge in [0.2, 0.25) is 5.95 Å². The van der Waals surface area contributed by atoms with Crippen molar-refractivity contribution in [2.75, 3.05) is 48.8 Å². The van der Waals surface area contributed by atoms with Gasteiger partial charge in [0.05, 0.1) is 38.9 Å². The molecule has 2 saturated heterocycles. The number of ether oxygens (including phenoxy) is 1. The molecule has 2 aromatic carbocycles. The average molecular weight is 602 g/mol. The summed E-state index contributed by atoms with van der Waals surface area (Å²) in [4.78, 5) is 13.7. The molecule has 0 atom stereocenters. The number of sulfone groups is 1. The highest BCUT2D eigenvalue weighted by molar-refractivity contribution is 7.92. The van der Waals surface area contributed by atoms with Gasteiger partial charge in [0.15, 0.2) is 15.7 Å². The Labute approximate surface area is 252 Å². The number of halogens is 1. The van der Waals surface area contributed by atoms with E-state index >= 15 is 0 Å². The Balaban J connectivity index is 1.36. The highest BCUT2D eigenvalue weighted by Gasteiger charge is 2.26. The highest BCUT2D eigenvalue weighted by atomic mass is 35.5. The number of aromatic nitrogens is 2. The number of rotatable bonds is 9. The fraction of sp³-hybridized carbons (Fsp3) is 0.467. The summed E-state index contributed by atoms with van der Waals surface area (Å²) in [5.74, 6) is 0.440. The number of nitrogens with one attached hydrogen (secondary N) is 2. The van der Waals surface area contributed by atoms with Crippen LogP contribution in [0.15, 0.2) is 53.6 Å². The minimum Gasteiger partial charge on any atom is -0.494 e. The van der Waals surface area contributed by atoms with Gasteiger partial charge in [-0.1, -0.05) is 30.2 Å². The number of benzene rings is 2. The van der Waals surface area contributed by atoms with Crippen molar-refractivity contribution >= 4 is 50.3 Å². The molecule has 2 aliphatic heterocycles. The smallest absolute Gasteiger partial charge is 0.229 e. The van der Waals surface area contributed by atoms with Crippen LogP contribution in [0.5, 0.6) is 5.75 Å². The summed E-state index contributed by atoms with van der Waals surface area (Å²) in [5.41, 5.74) is 1.57. The van der Waals surface area contributed by atoms with Crippen LogP contribution in [0, 0.1) is 0 Å². The van der Waals surface area contributed by atoms with Crippen molar-refractivity contribution < 1.29 is 17.3 Å². The molecule has 1 aromatic heterocycles. The number of piperidine rings is 2. The number of anilines is 5. The van der Waals surface area contributed by atoms with Crippen molar-refractivity contribution in [3.63, 3.8) is 0 Å². The number of hydrogen-bond donors (Lipinski definition) is 2. The van der Waals surface area contributed by atoms with Crippen LogP contribution in [-0.2, 0) is 9.84 Å². The summed E-state index contributed by atoms with van der Waals surface area (Å²) in [6, 6.07) is 12.5. The Morgan fingerprint density at radius 3 is 2.51 bits per heavy atom. The monoisotopic (exact) mass is 601 g/mol. The van der Waals surface area contributed by atoms with E-state index < -0.39 is 22.1 Å². The molecule has 3 heterocycles. The Morgan fingerprint density at radius 1 is 1.02 bits per heavy atom. The van der Waals surface area contributed by atoms with E-state index in [-0.39, 0.29) is 27.4 Å². The van der Waals surface area contributed by atoms with E-state index in [1.807, 2.05) is 6.07 Å². The molecule has 0 spiro atoms. The molecular formula is C30H39ClN6O3S. The third-order valence-corrected chi connectivity index (χ3v) is 10.4. The Hall–Kier alpha value is -3.08. The Kier molecular flexibility index (Phi) is 8.02. The lowest BCUT2D eigenvalue weighted by atomic mass is 9.99. The predicted octanol–water partition coefficient (Wildman–Crippen LogP) is 6.26. The van der Waals surface area contributed by atoms with E-state index in [0.29, 0.717) is 17.4 Å². The molecule has 41 heavy (non-hydrogen) atoms. The van der Waals surface area contributed by atoms with Gasteiger partial charge in [0.25, 0.3) is 0 Å². The van der Waals surface area contributed by atoms with Crippen LogP contribution in [0.25, 0.3) is 0 Å². The van der Waals surface area contributed by atoms with Crippen molar-refractivity contribution in [3.8, 4) is 5.75 Å². The van der Waals surface area contributed by atoms with E-state index in [1.54, 1.807) is 44.2 Å². The molecule has 0 unspecified atom stereocenters. The minimum atomic E-state index is -3.59. The molecule has 3 aromatic rings. The van der Waals surface area contributed by atoms with E-state index in [4.69, 9.17) is 20.5 Å². The van der Waals surface area contributed by atoms with Crippen LogP contribution >= 0.6 is 11.6 Å². The first-order chi connectivity index (χ1) is 20.9. The maximum atomic E-state index is 12.9. The molecule has 0 radical (unpaired) electrons. The quantitative estimate of drug-likeness (QED) is 0.294. The van der Waals surface area contributed by atoms with E-state index in [2.05, 4.69) is 30.4 Å². The maximum absolute atomic E-state index is 12.9. The second-order valence-corrected chi connectivity index (χ2v) is 13.7. The van der Waals surface area contributed by atoms with Gasteiger partial charge >= 0.3 is 0 Å². The number of hydrogen-bond acceptors (Lipinski definition) is 9. The predicted molar refractivity (Wildman–Crippen MR) is 166 cm³/mol. The third-order valence-electron chi connectivity index (χ3n) is 7.87. The molecule has 11 heteroatoms. The van der Waals surface area contributed by atoms with Gasteiger partial charge in [-0.25, -0.2) is 13.4 Å². The fourth-order valence-electron chi connectivity index (χ4n) is 5.50. The van der Waals surface area contributed by atoms with Gasteiger partial charge in [0.1, 0.15) is 10.8 Å². The molecule has 2 N–H and O–H groups in total. The first-order valence-electron chi connectivity index (χ1n) is 15.6. The van der Waals surface area contributed by atoms with Gasteiger partial charge in [-0.05, 0) is 76.9 Å². The van der Waals surface area contributed by atoms with Crippen molar-refractivity contribution in [3.05, 3.63) is 53.7 Å². The zero-order valence-corrected chi connectivity index (χ0v) is 25.0. The normalized spacial score (nSPS) is 18.4. The second kappa shape index (κ2) is 12.8. The molecule has 2 fully saturated rings. The van der Waals surface area contributed by atoms with Gasteiger partial charge in [-0.15, -0.1) is 0 Å². The zero-order chi connectivity index (χ0) is 31.5. The minimum absolute atomic E-state index is 0.117. The average Bonchev–Trinajstić information content (AvgIpc) is 2.99. The summed E-state index contributed by atoms with van der Waals surface area (Å²) in [7, 11) is -6.26. The van der Waals surface area contributed by atoms with Crippen LogP contribution in [0.2, 0.25) is 5.02 Å². The molecule has 9 nitrogen and oxygen atoms in total. The van der Waals surface area contributed by atoms with Gasteiger partial charge in [0, 0.05) is 30.9 Å². The molecule has 0 aliphatic carbocycles. The maximum Gasteiger partial charge on any atom is 0.229 e. The zero-order valence-electron chi connectivity index (χ0n) is 26.4. The van der Waals surface area contributed by atoms with E-state index in [0.717, 1.165) is 31.6 Å². The summed E-state index contributed by atoms with van der Waals surface area (Å²) >= 11 is 6.39. The number of likely N-dealkylation sites (tertiary alicyclic amines) is 1. The Morgan fingerprint density at radius 2 is 1.78 bits per heavy atom. The molecule has 0 saturated carbocycles. The summed E-state index contributed by atoms with van der Waals surface area (Å²) in [6.07, 6.45) is 7.36. The van der Waals surface area contributed by atoms with Crippen molar-refractivity contribution in [1.29, 1.82) is 0 Å². The summed E-state index contributed by atoms with van der Waals surface area (Å²) < 4.78 is 54.5. The molecule has 0 bridgehead atoms. The van der Waals surface area contributed by atoms with Crippen LogP contribution in [0.4, 0.5) is 28.8 Å².